The number of methoxy groups -OCH3 is 3. The Morgan fingerprint density at radius 3 is 2.36 bits per heavy atom. The first-order valence-corrected chi connectivity index (χ1v) is 8.42. The quantitative estimate of drug-likeness (QED) is 0.719. The molecule has 1 heterocycles. The highest BCUT2D eigenvalue weighted by atomic mass is 35.5. The Bertz CT molecular complexity index is 920. The number of ether oxygens (including phenoxy) is 3. The van der Waals surface area contributed by atoms with Crippen LogP contribution in [0.25, 0.3) is 10.2 Å². The molecular formula is C17H15ClN2O4S. The molecule has 25 heavy (non-hydrogen) atoms. The molecule has 0 aliphatic heterocycles. The van der Waals surface area contributed by atoms with Gasteiger partial charge in [-0.05, 0) is 24.3 Å². The lowest BCUT2D eigenvalue weighted by atomic mass is 10.2. The molecule has 3 aromatic rings. The minimum absolute atomic E-state index is 0.327. The van der Waals surface area contributed by atoms with Crippen LogP contribution in [0.2, 0.25) is 5.02 Å². The summed E-state index contributed by atoms with van der Waals surface area (Å²) in [7, 11) is 4.61. The van der Waals surface area contributed by atoms with Crippen LogP contribution in [0.4, 0.5) is 5.13 Å². The van der Waals surface area contributed by atoms with Gasteiger partial charge in [0.05, 0.1) is 31.1 Å². The first-order chi connectivity index (χ1) is 12.0. The molecule has 3 rings (SSSR count). The van der Waals surface area contributed by atoms with E-state index in [-0.39, 0.29) is 5.91 Å². The third kappa shape index (κ3) is 3.47. The van der Waals surface area contributed by atoms with E-state index in [1.807, 2.05) is 0 Å². The van der Waals surface area contributed by atoms with Crippen molar-refractivity contribution < 1.29 is 19.0 Å². The largest absolute Gasteiger partial charge is 0.497 e. The van der Waals surface area contributed by atoms with Crippen molar-refractivity contribution in [2.75, 3.05) is 26.6 Å². The highest BCUT2D eigenvalue weighted by Gasteiger charge is 2.16. The first kappa shape index (κ1) is 17.3. The number of amides is 1. The van der Waals surface area contributed by atoms with E-state index < -0.39 is 0 Å². The number of halogens is 1. The summed E-state index contributed by atoms with van der Waals surface area (Å²) < 4.78 is 16.4. The number of anilines is 1. The van der Waals surface area contributed by atoms with Crippen LogP contribution in [0.15, 0.2) is 30.3 Å². The van der Waals surface area contributed by atoms with Crippen LogP contribution in [0.1, 0.15) is 10.4 Å². The molecule has 0 bridgehead atoms. The Labute approximate surface area is 153 Å². The van der Waals surface area contributed by atoms with E-state index in [4.69, 9.17) is 25.8 Å². The van der Waals surface area contributed by atoms with E-state index in [9.17, 15) is 4.79 Å². The molecule has 8 heteroatoms. The molecular weight excluding hydrogens is 364 g/mol. The van der Waals surface area contributed by atoms with Crippen molar-refractivity contribution >= 4 is 44.2 Å². The number of nitrogens with zero attached hydrogens (tertiary/aromatic N) is 1. The molecule has 0 unspecified atom stereocenters. The number of hydrogen-bond acceptors (Lipinski definition) is 6. The van der Waals surface area contributed by atoms with Gasteiger partial charge in [-0.15, -0.1) is 0 Å². The van der Waals surface area contributed by atoms with Crippen molar-refractivity contribution in [2.45, 2.75) is 0 Å². The molecule has 0 saturated heterocycles. The molecule has 0 aliphatic rings. The Hall–Kier alpha value is -2.51. The maximum absolute atomic E-state index is 12.5. The number of nitrogens with one attached hydrogen (secondary N) is 1. The zero-order chi connectivity index (χ0) is 18.0. The number of rotatable bonds is 5. The highest BCUT2D eigenvalue weighted by Crippen LogP contribution is 2.37. The molecule has 1 aromatic heterocycles. The van der Waals surface area contributed by atoms with Crippen LogP contribution in [-0.4, -0.2) is 32.2 Å². The van der Waals surface area contributed by atoms with Crippen LogP contribution in [0.3, 0.4) is 0 Å². The number of hydrogen-bond donors (Lipinski definition) is 1. The Morgan fingerprint density at radius 2 is 1.76 bits per heavy atom. The van der Waals surface area contributed by atoms with Gasteiger partial charge in [0.25, 0.3) is 5.91 Å². The summed E-state index contributed by atoms with van der Waals surface area (Å²) in [5.74, 6) is 1.32. The maximum atomic E-state index is 12.5. The van der Waals surface area contributed by atoms with E-state index in [1.165, 1.54) is 25.6 Å². The van der Waals surface area contributed by atoms with Crippen molar-refractivity contribution in [3.05, 3.63) is 40.9 Å². The zero-order valence-corrected chi connectivity index (χ0v) is 15.3. The van der Waals surface area contributed by atoms with Gasteiger partial charge in [0.1, 0.15) is 22.8 Å². The summed E-state index contributed by atoms with van der Waals surface area (Å²) in [5.41, 5.74) is 1.01. The molecule has 0 spiro atoms. The van der Waals surface area contributed by atoms with E-state index >= 15 is 0 Å². The van der Waals surface area contributed by atoms with Crippen molar-refractivity contribution in [1.82, 2.24) is 4.98 Å². The van der Waals surface area contributed by atoms with Crippen molar-refractivity contribution in [3.63, 3.8) is 0 Å². The number of carbonyl (C=O) groups excluding carboxylic acids is 1. The lowest BCUT2D eigenvalue weighted by Gasteiger charge is -2.07. The van der Waals surface area contributed by atoms with E-state index in [1.54, 1.807) is 37.4 Å². The number of aromatic nitrogens is 1. The SMILES string of the molecule is COc1cc(OC)cc(C(=O)Nc2nc3c(OC)ccc(Cl)c3s2)c1. The zero-order valence-electron chi connectivity index (χ0n) is 13.8. The number of carbonyl (C=O) groups is 1. The summed E-state index contributed by atoms with van der Waals surface area (Å²) in [6.07, 6.45) is 0. The minimum atomic E-state index is -0.327. The van der Waals surface area contributed by atoms with Gasteiger partial charge in [-0.3, -0.25) is 10.1 Å². The van der Waals surface area contributed by atoms with E-state index in [0.717, 1.165) is 4.70 Å². The molecule has 0 radical (unpaired) electrons. The summed E-state index contributed by atoms with van der Waals surface area (Å²) in [5, 5.41) is 3.75. The molecule has 0 atom stereocenters. The van der Waals surface area contributed by atoms with Crippen LogP contribution >= 0.6 is 22.9 Å². The average Bonchev–Trinajstić information content (AvgIpc) is 3.06. The first-order valence-electron chi connectivity index (χ1n) is 7.23. The second-order valence-corrected chi connectivity index (χ2v) is 6.41. The molecule has 130 valence electrons. The topological polar surface area (TPSA) is 69.7 Å². The Morgan fingerprint density at radius 1 is 1.08 bits per heavy atom. The fourth-order valence-corrected chi connectivity index (χ4v) is 3.43. The van der Waals surface area contributed by atoms with Crippen molar-refractivity contribution in [1.29, 1.82) is 0 Å². The summed E-state index contributed by atoms with van der Waals surface area (Å²) in [4.78, 5) is 17.0. The normalized spacial score (nSPS) is 10.6. The van der Waals surface area contributed by atoms with Crippen LogP contribution < -0.4 is 19.5 Å². The van der Waals surface area contributed by atoms with Gasteiger partial charge in [-0.2, -0.15) is 0 Å². The van der Waals surface area contributed by atoms with E-state index in [0.29, 0.717) is 38.5 Å². The Kier molecular flexibility index (Phi) is 4.96. The van der Waals surface area contributed by atoms with Crippen molar-refractivity contribution in [3.8, 4) is 17.2 Å². The second-order valence-electron chi connectivity index (χ2n) is 5.00. The molecule has 0 saturated carbocycles. The molecule has 6 nitrogen and oxygen atoms in total. The summed E-state index contributed by atoms with van der Waals surface area (Å²) in [6.45, 7) is 0. The van der Waals surface area contributed by atoms with Gasteiger partial charge in [0.2, 0.25) is 0 Å². The van der Waals surface area contributed by atoms with Gasteiger partial charge in [0, 0.05) is 11.6 Å². The van der Waals surface area contributed by atoms with Crippen LogP contribution in [0.5, 0.6) is 17.2 Å². The van der Waals surface area contributed by atoms with Gasteiger partial charge in [-0.1, -0.05) is 22.9 Å². The molecule has 0 fully saturated rings. The lowest BCUT2D eigenvalue weighted by molar-refractivity contribution is 0.102. The maximum Gasteiger partial charge on any atom is 0.257 e. The molecule has 1 N–H and O–H groups in total. The van der Waals surface area contributed by atoms with Crippen LogP contribution in [-0.2, 0) is 0 Å². The predicted octanol–water partition coefficient (Wildman–Crippen LogP) is 4.23. The molecule has 0 aliphatic carbocycles. The Balaban J connectivity index is 1.93. The standard InChI is InChI=1S/C17H15ClN2O4S/c1-22-10-6-9(7-11(8-10)23-2)16(21)20-17-19-14-13(24-3)5-4-12(18)15(14)25-17/h4-8H,1-3H3,(H,19,20,21). The average molecular weight is 379 g/mol. The third-order valence-corrected chi connectivity index (χ3v) is 4.94. The van der Waals surface area contributed by atoms with E-state index in [2.05, 4.69) is 10.3 Å². The van der Waals surface area contributed by atoms with Gasteiger partial charge in [-0.25, -0.2) is 4.98 Å². The molecule has 1 amide bonds. The number of fused-ring (bicyclic) bond motifs is 1. The summed E-state index contributed by atoms with van der Waals surface area (Å²) in [6, 6.07) is 8.42. The fraction of sp³-hybridized carbons (Fsp3) is 0.176. The molecule has 2 aromatic carbocycles. The van der Waals surface area contributed by atoms with Gasteiger partial charge >= 0.3 is 0 Å². The van der Waals surface area contributed by atoms with Crippen LogP contribution in [0, 0.1) is 0 Å². The smallest absolute Gasteiger partial charge is 0.257 e. The fourth-order valence-electron chi connectivity index (χ4n) is 2.28. The summed E-state index contributed by atoms with van der Waals surface area (Å²) >= 11 is 7.48. The number of thiazole rings is 1. The number of benzene rings is 2. The van der Waals surface area contributed by atoms with Gasteiger partial charge in [0.15, 0.2) is 5.13 Å². The lowest BCUT2D eigenvalue weighted by Crippen LogP contribution is -2.12. The minimum Gasteiger partial charge on any atom is -0.497 e. The monoisotopic (exact) mass is 378 g/mol. The predicted molar refractivity (Wildman–Crippen MR) is 98.7 cm³/mol. The second kappa shape index (κ2) is 7.16. The highest BCUT2D eigenvalue weighted by molar-refractivity contribution is 7.23. The van der Waals surface area contributed by atoms with Crippen molar-refractivity contribution in [2.24, 2.45) is 0 Å². The third-order valence-electron chi connectivity index (χ3n) is 3.51. The van der Waals surface area contributed by atoms with Gasteiger partial charge < -0.3 is 14.2 Å².